The van der Waals surface area contributed by atoms with Gasteiger partial charge in [0.05, 0.1) is 0 Å². The topological polar surface area (TPSA) is 63.9 Å². The second-order valence-corrected chi connectivity index (χ2v) is 8.88. The van der Waals surface area contributed by atoms with Crippen LogP contribution in [0.25, 0.3) is 17.1 Å². The van der Waals surface area contributed by atoms with Crippen molar-refractivity contribution in [1.82, 2.24) is 24.6 Å². The van der Waals surface area contributed by atoms with Crippen molar-refractivity contribution in [2.45, 2.75) is 31.2 Å². The highest BCUT2D eigenvalue weighted by atomic mass is 32.2. The Hall–Kier alpha value is -3.45. The van der Waals surface area contributed by atoms with Crippen LogP contribution in [0.5, 0.6) is 0 Å². The van der Waals surface area contributed by atoms with E-state index in [0.29, 0.717) is 5.56 Å². The molecule has 0 aliphatic carbocycles. The summed E-state index contributed by atoms with van der Waals surface area (Å²) >= 11 is 1.62. The standard InChI is InChI=1S/C26H27N5OS/c1-4-15-30(3)25(32)21-12-10-20(11-13-21)18-33-26-29-28-24(22-8-6-14-27-17-22)31(26)23-9-5-7-19(2)16-23/h5-14,16-17H,4,15,18H2,1-3H3. The van der Waals surface area contributed by atoms with Crippen molar-refractivity contribution in [3.05, 3.63) is 89.7 Å². The zero-order valence-electron chi connectivity index (χ0n) is 19.1. The third-order valence-electron chi connectivity index (χ3n) is 5.29. The fourth-order valence-corrected chi connectivity index (χ4v) is 4.50. The first-order valence-corrected chi connectivity index (χ1v) is 12.0. The number of thioether (sulfide) groups is 1. The van der Waals surface area contributed by atoms with Gasteiger partial charge < -0.3 is 4.90 Å². The maximum atomic E-state index is 12.5. The Morgan fingerprint density at radius 3 is 2.58 bits per heavy atom. The molecule has 0 spiro atoms. The molecule has 168 valence electrons. The monoisotopic (exact) mass is 457 g/mol. The number of carbonyl (C=O) groups excluding carboxylic acids is 1. The molecule has 1 amide bonds. The van der Waals surface area contributed by atoms with Gasteiger partial charge in [0.15, 0.2) is 11.0 Å². The third kappa shape index (κ3) is 5.31. The number of rotatable bonds is 8. The maximum absolute atomic E-state index is 12.5. The summed E-state index contributed by atoms with van der Waals surface area (Å²) in [6.07, 6.45) is 4.50. The first-order valence-electron chi connectivity index (χ1n) is 11.0. The van der Waals surface area contributed by atoms with E-state index in [1.807, 2.05) is 49.5 Å². The first-order chi connectivity index (χ1) is 16.1. The lowest BCUT2D eigenvalue weighted by atomic mass is 10.1. The summed E-state index contributed by atoms with van der Waals surface area (Å²) in [5.41, 5.74) is 4.93. The average Bonchev–Trinajstić information content (AvgIpc) is 3.27. The molecule has 0 saturated heterocycles. The summed E-state index contributed by atoms with van der Waals surface area (Å²) in [7, 11) is 1.84. The smallest absolute Gasteiger partial charge is 0.253 e. The second kappa shape index (κ2) is 10.4. The SMILES string of the molecule is CCCN(C)C(=O)c1ccc(CSc2nnc(-c3cccnc3)n2-c2cccc(C)c2)cc1. The van der Waals surface area contributed by atoms with Crippen molar-refractivity contribution in [3.63, 3.8) is 0 Å². The lowest BCUT2D eigenvalue weighted by molar-refractivity contribution is 0.0795. The van der Waals surface area contributed by atoms with Crippen LogP contribution >= 0.6 is 11.8 Å². The Morgan fingerprint density at radius 2 is 1.88 bits per heavy atom. The third-order valence-corrected chi connectivity index (χ3v) is 6.29. The van der Waals surface area contributed by atoms with Crippen molar-refractivity contribution >= 4 is 17.7 Å². The van der Waals surface area contributed by atoms with Crippen LogP contribution in [0.1, 0.15) is 34.8 Å². The quantitative estimate of drug-likeness (QED) is 0.331. The van der Waals surface area contributed by atoms with Gasteiger partial charge in [-0.2, -0.15) is 0 Å². The van der Waals surface area contributed by atoms with Gasteiger partial charge in [-0.1, -0.05) is 43.0 Å². The number of amides is 1. The van der Waals surface area contributed by atoms with Gasteiger partial charge in [-0.05, 0) is 60.9 Å². The molecule has 2 aromatic heterocycles. The van der Waals surface area contributed by atoms with Crippen molar-refractivity contribution in [1.29, 1.82) is 0 Å². The van der Waals surface area contributed by atoms with Crippen molar-refractivity contribution in [2.24, 2.45) is 0 Å². The summed E-state index contributed by atoms with van der Waals surface area (Å²) in [6.45, 7) is 4.90. The van der Waals surface area contributed by atoms with Crippen LogP contribution < -0.4 is 0 Å². The van der Waals surface area contributed by atoms with Gasteiger partial charge in [0, 0.05) is 48.6 Å². The highest BCUT2D eigenvalue weighted by molar-refractivity contribution is 7.98. The summed E-state index contributed by atoms with van der Waals surface area (Å²) < 4.78 is 2.08. The minimum Gasteiger partial charge on any atom is -0.342 e. The van der Waals surface area contributed by atoms with Gasteiger partial charge in [-0.15, -0.1) is 10.2 Å². The molecule has 0 aliphatic rings. The Kier molecular flexibility index (Phi) is 7.19. The van der Waals surface area contributed by atoms with E-state index in [9.17, 15) is 4.79 Å². The minimum atomic E-state index is 0.0522. The Labute approximate surface area is 198 Å². The maximum Gasteiger partial charge on any atom is 0.253 e. The van der Waals surface area contributed by atoms with E-state index in [0.717, 1.165) is 46.5 Å². The van der Waals surface area contributed by atoms with Gasteiger partial charge in [0.25, 0.3) is 5.91 Å². The molecule has 0 atom stereocenters. The van der Waals surface area contributed by atoms with Crippen LogP contribution in [0.3, 0.4) is 0 Å². The van der Waals surface area contributed by atoms with Crippen LogP contribution in [-0.2, 0) is 5.75 Å². The summed E-state index contributed by atoms with van der Waals surface area (Å²) in [6, 6.07) is 20.0. The summed E-state index contributed by atoms with van der Waals surface area (Å²) in [4.78, 5) is 18.5. The lowest BCUT2D eigenvalue weighted by Gasteiger charge is -2.16. The normalized spacial score (nSPS) is 10.9. The van der Waals surface area contributed by atoms with Crippen molar-refractivity contribution < 1.29 is 4.79 Å². The largest absolute Gasteiger partial charge is 0.342 e. The molecule has 2 aromatic carbocycles. The zero-order valence-corrected chi connectivity index (χ0v) is 19.9. The van der Waals surface area contributed by atoms with E-state index in [-0.39, 0.29) is 5.91 Å². The first kappa shape index (κ1) is 22.7. The molecule has 0 unspecified atom stereocenters. The molecule has 2 heterocycles. The van der Waals surface area contributed by atoms with Crippen LogP contribution in [0.15, 0.2) is 78.2 Å². The molecule has 7 heteroatoms. The van der Waals surface area contributed by atoms with E-state index in [4.69, 9.17) is 0 Å². The minimum absolute atomic E-state index is 0.0522. The fourth-order valence-electron chi connectivity index (χ4n) is 3.59. The number of benzene rings is 2. The van der Waals surface area contributed by atoms with Crippen LogP contribution in [0, 0.1) is 6.92 Å². The number of hydrogen-bond acceptors (Lipinski definition) is 5. The molecule has 0 fully saturated rings. The molecule has 33 heavy (non-hydrogen) atoms. The average molecular weight is 458 g/mol. The Bertz CT molecular complexity index is 1220. The molecule has 0 bridgehead atoms. The Morgan fingerprint density at radius 1 is 1.06 bits per heavy atom. The molecule has 0 N–H and O–H groups in total. The number of aromatic nitrogens is 4. The molecule has 6 nitrogen and oxygen atoms in total. The lowest BCUT2D eigenvalue weighted by Crippen LogP contribution is -2.27. The molecular formula is C26H27N5OS. The number of nitrogens with zero attached hydrogens (tertiary/aromatic N) is 5. The van der Waals surface area contributed by atoms with Crippen LogP contribution in [-0.4, -0.2) is 44.1 Å². The van der Waals surface area contributed by atoms with Gasteiger partial charge in [-0.25, -0.2) is 0 Å². The van der Waals surface area contributed by atoms with Gasteiger partial charge in [0.2, 0.25) is 0 Å². The molecular weight excluding hydrogens is 430 g/mol. The van der Waals surface area contributed by atoms with Gasteiger partial charge >= 0.3 is 0 Å². The van der Waals surface area contributed by atoms with E-state index in [1.165, 1.54) is 5.56 Å². The van der Waals surface area contributed by atoms with Gasteiger partial charge in [0.1, 0.15) is 0 Å². The van der Waals surface area contributed by atoms with E-state index in [2.05, 4.69) is 51.8 Å². The number of aryl methyl sites for hydroxylation is 1. The highest BCUT2D eigenvalue weighted by Gasteiger charge is 2.17. The van der Waals surface area contributed by atoms with Crippen molar-refractivity contribution in [2.75, 3.05) is 13.6 Å². The molecule has 0 radical (unpaired) electrons. The van der Waals surface area contributed by atoms with E-state index >= 15 is 0 Å². The zero-order chi connectivity index (χ0) is 23.2. The fraction of sp³-hybridized carbons (Fsp3) is 0.231. The molecule has 0 saturated carbocycles. The highest BCUT2D eigenvalue weighted by Crippen LogP contribution is 2.30. The van der Waals surface area contributed by atoms with Gasteiger partial charge in [-0.3, -0.25) is 14.3 Å². The molecule has 0 aliphatic heterocycles. The second-order valence-electron chi connectivity index (χ2n) is 7.93. The Balaban J connectivity index is 1.57. The number of pyridine rings is 1. The predicted octanol–water partition coefficient (Wildman–Crippen LogP) is 5.41. The molecule has 4 aromatic rings. The van der Waals surface area contributed by atoms with E-state index in [1.54, 1.807) is 29.1 Å². The summed E-state index contributed by atoms with van der Waals surface area (Å²) in [5, 5.41) is 9.78. The molecule has 4 rings (SSSR count). The number of hydrogen-bond donors (Lipinski definition) is 0. The van der Waals surface area contributed by atoms with Crippen molar-refractivity contribution in [3.8, 4) is 17.1 Å². The predicted molar refractivity (Wildman–Crippen MR) is 133 cm³/mol. The van der Waals surface area contributed by atoms with Crippen LogP contribution in [0.4, 0.5) is 0 Å². The van der Waals surface area contributed by atoms with Crippen LogP contribution in [0.2, 0.25) is 0 Å². The summed E-state index contributed by atoms with van der Waals surface area (Å²) in [5.74, 6) is 1.53. The van der Waals surface area contributed by atoms with E-state index < -0.39 is 0 Å². The number of carbonyl (C=O) groups is 1.